The Bertz CT molecular complexity index is 515. The quantitative estimate of drug-likeness (QED) is 0.885. The highest BCUT2D eigenvalue weighted by molar-refractivity contribution is 5.89. The van der Waals surface area contributed by atoms with Gasteiger partial charge in [0.1, 0.15) is 0 Å². The summed E-state index contributed by atoms with van der Waals surface area (Å²) in [5.74, 6) is 0. The number of hydrogen-bond donors (Lipinski definition) is 2. The molecule has 0 saturated heterocycles. The Balaban J connectivity index is 2.05. The van der Waals surface area contributed by atoms with Crippen molar-refractivity contribution in [1.29, 1.82) is 0 Å². The summed E-state index contributed by atoms with van der Waals surface area (Å²) in [6.07, 6.45) is 1.71. The summed E-state index contributed by atoms with van der Waals surface area (Å²) in [6.45, 7) is 5.33. The van der Waals surface area contributed by atoms with Gasteiger partial charge in [0.25, 0.3) is 0 Å². The van der Waals surface area contributed by atoms with Crippen LogP contribution in [0.4, 0.5) is 10.5 Å². The van der Waals surface area contributed by atoms with Gasteiger partial charge in [-0.05, 0) is 37.6 Å². The van der Waals surface area contributed by atoms with Crippen LogP contribution >= 0.6 is 0 Å². The Labute approximate surface area is 112 Å². The standard InChI is InChI=1S/C14H18N4O/c1-3-18(4-2)14(19)16-12-7-5-11(6-8-12)13-9-10-15-17-13/h5-10H,3-4H2,1-2H3,(H,15,17)(H,16,19). The van der Waals surface area contributed by atoms with Crippen LogP contribution in [0.5, 0.6) is 0 Å². The van der Waals surface area contributed by atoms with E-state index in [0.29, 0.717) is 13.1 Å². The van der Waals surface area contributed by atoms with Crippen LogP contribution in [0.25, 0.3) is 11.3 Å². The summed E-state index contributed by atoms with van der Waals surface area (Å²) in [6, 6.07) is 9.51. The first-order valence-electron chi connectivity index (χ1n) is 6.40. The maximum atomic E-state index is 11.9. The summed E-state index contributed by atoms with van der Waals surface area (Å²) in [5.41, 5.74) is 2.79. The first kappa shape index (κ1) is 13.1. The van der Waals surface area contributed by atoms with Crippen molar-refractivity contribution in [2.45, 2.75) is 13.8 Å². The SMILES string of the molecule is CCN(CC)C(=O)Nc1ccc(-c2ccn[nH]2)cc1. The molecule has 0 unspecified atom stereocenters. The fourth-order valence-electron chi connectivity index (χ4n) is 1.86. The van der Waals surface area contributed by atoms with Gasteiger partial charge >= 0.3 is 6.03 Å². The van der Waals surface area contributed by atoms with E-state index in [1.807, 2.05) is 44.2 Å². The van der Waals surface area contributed by atoms with E-state index < -0.39 is 0 Å². The molecule has 5 nitrogen and oxygen atoms in total. The molecule has 0 aliphatic heterocycles. The van der Waals surface area contributed by atoms with Crippen LogP contribution in [0.2, 0.25) is 0 Å². The maximum absolute atomic E-state index is 11.9. The predicted octanol–water partition coefficient (Wildman–Crippen LogP) is 2.95. The van der Waals surface area contributed by atoms with E-state index in [9.17, 15) is 4.79 Å². The smallest absolute Gasteiger partial charge is 0.321 e. The number of benzene rings is 1. The molecule has 0 atom stereocenters. The second-order valence-electron chi connectivity index (χ2n) is 4.15. The normalized spacial score (nSPS) is 10.2. The van der Waals surface area contributed by atoms with Gasteiger partial charge < -0.3 is 10.2 Å². The van der Waals surface area contributed by atoms with Crippen molar-refractivity contribution in [3.63, 3.8) is 0 Å². The summed E-state index contributed by atoms with van der Waals surface area (Å²) >= 11 is 0. The minimum atomic E-state index is -0.0701. The lowest BCUT2D eigenvalue weighted by Gasteiger charge is -2.19. The molecular formula is C14H18N4O. The fourth-order valence-corrected chi connectivity index (χ4v) is 1.86. The first-order valence-corrected chi connectivity index (χ1v) is 6.40. The number of hydrogen-bond acceptors (Lipinski definition) is 2. The van der Waals surface area contributed by atoms with Crippen LogP contribution in [0.15, 0.2) is 36.5 Å². The molecule has 0 bridgehead atoms. The highest BCUT2D eigenvalue weighted by atomic mass is 16.2. The van der Waals surface area contributed by atoms with E-state index in [4.69, 9.17) is 0 Å². The van der Waals surface area contributed by atoms with Crippen LogP contribution in [0, 0.1) is 0 Å². The average molecular weight is 258 g/mol. The molecule has 1 aromatic heterocycles. The number of nitrogens with zero attached hydrogens (tertiary/aromatic N) is 2. The fraction of sp³-hybridized carbons (Fsp3) is 0.286. The predicted molar refractivity (Wildman–Crippen MR) is 76.0 cm³/mol. The molecule has 5 heteroatoms. The highest BCUT2D eigenvalue weighted by Crippen LogP contribution is 2.19. The van der Waals surface area contributed by atoms with Crippen LogP contribution in [0.1, 0.15) is 13.8 Å². The number of rotatable bonds is 4. The first-order chi connectivity index (χ1) is 9.24. The minimum Gasteiger partial charge on any atom is -0.325 e. The van der Waals surface area contributed by atoms with Gasteiger partial charge in [-0.2, -0.15) is 5.10 Å². The van der Waals surface area contributed by atoms with Gasteiger partial charge in [-0.25, -0.2) is 4.79 Å². The van der Waals surface area contributed by atoms with Gasteiger partial charge in [0.2, 0.25) is 0 Å². The molecular weight excluding hydrogens is 240 g/mol. The van der Waals surface area contributed by atoms with Crippen molar-refractivity contribution in [3.8, 4) is 11.3 Å². The Morgan fingerprint density at radius 2 is 1.89 bits per heavy atom. The van der Waals surface area contributed by atoms with E-state index in [2.05, 4.69) is 15.5 Å². The zero-order valence-corrected chi connectivity index (χ0v) is 11.2. The highest BCUT2D eigenvalue weighted by Gasteiger charge is 2.09. The third kappa shape index (κ3) is 3.13. The van der Waals surface area contributed by atoms with Crippen LogP contribution < -0.4 is 5.32 Å². The van der Waals surface area contributed by atoms with Crippen molar-refractivity contribution >= 4 is 11.7 Å². The lowest BCUT2D eigenvalue weighted by molar-refractivity contribution is 0.217. The third-order valence-electron chi connectivity index (χ3n) is 3.00. The number of amides is 2. The molecule has 2 amide bonds. The Hall–Kier alpha value is -2.30. The Morgan fingerprint density at radius 1 is 1.21 bits per heavy atom. The van der Waals surface area contributed by atoms with Gasteiger partial charge in [-0.1, -0.05) is 12.1 Å². The van der Waals surface area contributed by atoms with E-state index in [-0.39, 0.29) is 6.03 Å². The molecule has 0 saturated carbocycles. The molecule has 0 spiro atoms. The number of aromatic amines is 1. The topological polar surface area (TPSA) is 61.0 Å². The second-order valence-corrected chi connectivity index (χ2v) is 4.15. The minimum absolute atomic E-state index is 0.0701. The monoisotopic (exact) mass is 258 g/mol. The molecule has 2 rings (SSSR count). The molecule has 0 aliphatic carbocycles. The van der Waals surface area contributed by atoms with Gasteiger partial charge in [0.15, 0.2) is 0 Å². The van der Waals surface area contributed by atoms with E-state index in [1.54, 1.807) is 11.1 Å². The molecule has 0 radical (unpaired) electrons. The molecule has 2 N–H and O–H groups in total. The van der Waals surface area contributed by atoms with Crippen LogP contribution in [-0.4, -0.2) is 34.2 Å². The van der Waals surface area contributed by atoms with Crippen LogP contribution in [-0.2, 0) is 0 Å². The lowest BCUT2D eigenvalue weighted by atomic mass is 10.1. The van der Waals surface area contributed by atoms with Gasteiger partial charge in [-0.3, -0.25) is 5.10 Å². The zero-order chi connectivity index (χ0) is 13.7. The van der Waals surface area contributed by atoms with Crippen molar-refractivity contribution in [1.82, 2.24) is 15.1 Å². The number of urea groups is 1. The summed E-state index contributed by atoms with van der Waals surface area (Å²) < 4.78 is 0. The molecule has 1 aromatic carbocycles. The van der Waals surface area contributed by atoms with Gasteiger partial charge in [0.05, 0.1) is 5.69 Å². The number of H-pyrrole nitrogens is 1. The number of anilines is 1. The zero-order valence-electron chi connectivity index (χ0n) is 11.2. The summed E-state index contributed by atoms with van der Waals surface area (Å²) in [5, 5.41) is 9.70. The van der Waals surface area contributed by atoms with Gasteiger partial charge in [-0.15, -0.1) is 0 Å². The number of nitrogens with one attached hydrogen (secondary N) is 2. The Kier molecular flexibility index (Phi) is 4.18. The van der Waals surface area contributed by atoms with Crippen LogP contribution in [0.3, 0.4) is 0 Å². The molecule has 19 heavy (non-hydrogen) atoms. The number of aromatic nitrogens is 2. The Morgan fingerprint density at radius 3 is 2.42 bits per heavy atom. The van der Waals surface area contributed by atoms with Crippen molar-refractivity contribution in [3.05, 3.63) is 36.5 Å². The lowest BCUT2D eigenvalue weighted by Crippen LogP contribution is -2.34. The molecule has 100 valence electrons. The van der Waals surface area contributed by atoms with E-state index in [0.717, 1.165) is 16.9 Å². The van der Waals surface area contributed by atoms with E-state index >= 15 is 0 Å². The summed E-state index contributed by atoms with van der Waals surface area (Å²) in [7, 11) is 0. The van der Waals surface area contributed by atoms with Crippen molar-refractivity contribution < 1.29 is 4.79 Å². The molecule has 0 fully saturated rings. The second kappa shape index (κ2) is 6.04. The van der Waals surface area contributed by atoms with E-state index in [1.165, 1.54) is 0 Å². The maximum Gasteiger partial charge on any atom is 0.321 e. The number of carbonyl (C=O) groups is 1. The number of carbonyl (C=O) groups excluding carboxylic acids is 1. The van der Waals surface area contributed by atoms with Crippen molar-refractivity contribution in [2.75, 3.05) is 18.4 Å². The average Bonchev–Trinajstić information content (AvgIpc) is 2.95. The third-order valence-corrected chi connectivity index (χ3v) is 3.00. The molecule has 0 aliphatic rings. The van der Waals surface area contributed by atoms with Gasteiger partial charge in [0, 0.05) is 25.0 Å². The largest absolute Gasteiger partial charge is 0.325 e. The molecule has 1 heterocycles. The summed E-state index contributed by atoms with van der Waals surface area (Å²) in [4.78, 5) is 13.6. The molecule has 2 aromatic rings. The van der Waals surface area contributed by atoms with Crippen molar-refractivity contribution in [2.24, 2.45) is 0 Å².